The zero-order chi connectivity index (χ0) is 64.3. The quantitative estimate of drug-likeness (QED) is 0.0771. The molecule has 12 aliphatic carbocycles. The van der Waals surface area contributed by atoms with Crippen LogP contribution in [-0.2, 0) is 24.0 Å². The highest BCUT2D eigenvalue weighted by atomic mass is 16.4. The Morgan fingerprint density at radius 2 is 0.708 bits per heavy atom. The van der Waals surface area contributed by atoms with E-state index in [9.17, 15) is 44.4 Å². The summed E-state index contributed by atoms with van der Waals surface area (Å²) < 4.78 is 0. The Morgan fingerprint density at radius 1 is 0.393 bits per heavy atom. The summed E-state index contributed by atoms with van der Waals surface area (Å²) in [5, 5.41) is 60.2. The number of nitrogens with one attached hydrogen (secondary N) is 1. The first-order chi connectivity index (χ1) is 42.0. The number of hydrogen-bond acceptors (Lipinski definition) is 8. The fourth-order valence-corrected chi connectivity index (χ4v) is 27.0. The average Bonchev–Trinajstić information content (AvgIpc) is 1.59. The van der Waals surface area contributed by atoms with Crippen molar-refractivity contribution in [3.8, 4) is 0 Å². The number of carboxylic acid groups (broad SMARTS) is 3. The van der Waals surface area contributed by atoms with Gasteiger partial charge >= 0.3 is 17.9 Å². The van der Waals surface area contributed by atoms with E-state index < -0.39 is 30.4 Å². The molecule has 7 N–H and O–H groups in total. The Morgan fingerprint density at radius 3 is 1.02 bits per heavy atom. The van der Waals surface area contributed by atoms with Crippen LogP contribution in [0.15, 0.2) is 0 Å². The van der Waals surface area contributed by atoms with Gasteiger partial charge < -0.3 is 40.8 Å². The van der Waals surface area contributed by atoms with Crippen LogP contribution in [0.4, 0.5) is 0 Å². The predicted molar refractivity (Wildman–Crippen MR) is 349 cm³/mol. The van der Waals surface area contributed by atoms with Crippen LogP contribution in [0.2, 0.25) is 0 Å². The van der Waals surface area contributed by atoms with Gasteiger partial charge in [-0.25, -0.2) is 4.79 Å². The second kappa shape index (κ2) is 27.3. The molecule has 0 aromatic rings. The Kier molecular flexibility index (Phi) is 21.2. The monoisotopic (exact) mass is 1240 g/mol. The molecule has 89 heavy (non-hydrogen) atoms. The van der Waals surface area contributed by atoms with Gasteiger partial charge in [0, 0.05) is 19.3 Å². The van der Waals surface area contributed by atoms with Crippen LogP contribution in [0.5, 0.6) is 0 Å². The summed E-state index contributed by atoms with van der Waals surface area (Å²) in [4.78, 5) is 57.1. The van der Waals surface area contributed by atoms with Crippen LogP contribution in [0, 0.1) is 139 Å². The first-order valence-electron chi connectivity index (χ1n) is 37.5. The molecule has 1 amide bonds. The van der Waals surface area contributed by atoms with E-state index in [0.29, 0.717) is 86.6 Å². The normalized spacial score (nSPS) is 47.2. The van der Waals surface area contributed by atoms with Crippen LogP contribution in [0.3, 0.4) is 0 Å². The minimum absolute atomic E-state index is 0.0357. The Labute approximate surface area is 538 Å². The number of carboxylic acids is 3. The first-order valence-corrected chi connectivity index (χ1v) is 37.5. The number of aliphatic carboxylic acids is 3. The summed E-state index contributed by atoms with van der Waals surface area (Å²) in [5.74, 6) is 10.2. The van der Waals surface area contributed by atoms with Crippen molar-refractivity contribution in [1.29, 1.82) is 0 Å². The molecule has 9 unspecified atom stereocenters. The minimum atomic E-state index is -1.38. The molecule has 0 radical (unpaired) electrons. The fourth-order valence-electron chi connectivity index (χ4n) is 27.0. The van der Waals surface area contributed by atoms with E-state index in [1.165, 1.54) is 128 Å². The molecule has 0 spiro atoms. The lowest BCUT2D eigenvalue weighted by Gasteiger charge is -2.61. The standard InChI is InChI=1S/C28H45NO6.C25H42O2.C24H40O3/c1-16(4-9-24(31)29-23(26(34)35)15-25(32)33)20-7-8-21-19-6-5-17-14-18(30)10-12-27(17,2)22(19)11-13-28(20,21)3;1-16(5-6-17(2)26)21-9-10-22-20-8-7-18-15-19(27)11-13-24(18,3)23(20)12-14-25(21,22)4;1-15(4-9-22(26)27)19-7-8-20-18-6-5-16-14-17(25)10-12-23(16,2)21(18)11-13-24(19,20)3/h16-23,30H,4-15H2,1-3H3,(H,29,31)(H,32,33)(H,34,35);16,18-23,27H,5-15H2,1-4H3;15-21,25H,4-14H2,1-3H3,(H,26,27)/t16-,17-,18-,19?,20?,21+,22?,23+,27+,28-;16-,18-,19-,20?,21?,22+,23?,24+,25-;15-,16-,17-,18?,19?,20+,21?,23+,24-/m111/s1. The van der Waals surface area contributed by atoms with E-state index in [4.69, 9.17) is 10.2 Å². The lowest BCUT2D eigenvalue weighted by atomic mass is 9.44. The van der Waals surface area contributed by atoms with Gasteiger partial charge in [-0.05, 0) is 339 Å². The molecule has 12 rings (SSSR count). The van der Waals surface area contributed by atoms with E-state index in [-0.39, 0.29) is 30.6 Å². The van der Waals surface area contributed by atoms with E-state index >= 15 is 0 Å². The summed E-state index contributed by atoms with van der Waals surface area (Å²) >= 11 is 0. The van der Waals surface area contributed by atoms with Gasteiger partial charge in [0.25, 0.3) is 0 Å². The number of carbonyl (C=O) groups excluding carboxylic acids is 2. The molecule has 0 aliphatic heterocycles. The van der Waals surface area contributed by atoms with Gasteiger partial charge in [-0.3, -0.25) is 14.4 Å². The largest absolute Gasteiger partial charge is 0.481 e. The molecule has 12 fully saturated rings. The van der Waals surface area contributed by atoms with Gasteiger partial charge in [0.05, 0.1) is 24.7 Å². The van der Waals surface area contributed by atoms with Gasteiger partial charge in [0.2, 0.25) is 5.91 Å². The van der Waals surface area contributed by atoms with Crippen molar-refractivity contribution in [3.05, 3.63) is 0 Å². The first kappa shape index (κ1) is 69.3. The number of rotatable bonds is 16. The number of amides is 1. The molecular weight excluding hydrogens is 1110 g/mol. The lowest BCUT2D eigenvalue weighted by Crippen LogP contribution is -2.54. The molecule has 12 nitrogen and oxygen atoms in total. The van der Waals surface area contributed by atoms with Crippen LogP contribution in [0.25, 0.3) is 0 Å². The van der Waals surface area contributed by atoms with Gasteiger partial charge in [-0.2, -0.15) is 0 Å². The van der Waals surface area contributed by atoms with Crippen LogP contribution >= 0.6 is 0 Å². The van der Waals surface area contributed by atoms with Gasteiger partial charge in [0.1, 0.15) is 11.8 Å². The summed E-state index contributed by atoms with van der Waals surface area (Å²) in [6.45, 7) is 24.1. The number of aliphatic hydroxyl groups excluding tert-OH is 3. The van der Waals surface area contributed by atoms with E-state index in [1.807, 2.05) is 0 Å². The van der Waals surface area contributed by atoms with E-state index in [0.717, 1.165) is 135 Å². The Bertz CT molecular complexity index is 2400. The molecule has 506 valence electrons. The van der Waals surface area contributed by atoms with Crippen molar-refractivity contribution in [2.45, 2.75) is 312 Å². The Hall–Kier alpha value is -2.57. The maximum absolute atomic E-state index is 12.4. The van der Waals surface area contributed by atoms with Crippen molar-refractivity contribution in [2.75, 3.05) is 0 Å². The van der Waals surface area contributed by atoms with E-state index in [1.54, 1.807) is 6.92 Å². The molecule has 12 aliphatic rings. The second-order valence-electron chi connectivity index (χ2n) is 35.6. The zero-order valence-corrected chi connectivity index (χ0v) is 57.5. The second-order valence-corrected chi connectivity index (χ2v) is 35.6. The third-order valence-corrected chi connectivity index (χ3v) is 31.8. The molecule has 0 aromatic heterocycles. The molecule has 0 heterocycles. The number of hydrogen-bond donors (Lipinski definition) is 7. The molecular formula is C77H127NO11. The smallest absolute Gasteiger partial charge is 0.326 e. The summed E-state index contributed by atoms with van der Waals surface area (Å²) in [6.07, 6.45) is 36.9. The van der Waals surface area contributed by atoms with Gasteiger partial charge in [-0.1, -0.05) is 62.3 Å². The fraction of sp³-hybridized carbons (Fsp3) is 0.935. The van der Waals surface area contributed by atoms with Gasteiger partial charge in [-0.15, -0.1) is 0 Å². The number of carbonyl (C=O) groups is 5. The number of aliphatic hydroxyl groups is 3. The molecule has 0 bridgehead atoms. The number of Topliss-reactive ketones (excluding diaryl/α,β-unsaturated/α-hetero) is 1. The lowest BCUT2D eigenvalue weighted by molar-refractivity contribution is -0.147. The summed E-state index contributed by atoms with van der Waals surface area (Å²) in [6, 6.07) is -1.38. The Balaban J connectivity index is 0.000000149. The zero-order valence-electron chi connectivity index (χ0n) is 57.5. The SMILES string of the molecule is CC(=O)CC[C@@H](C)C1CC[C@H]2C3CC[C@@H]4C[C@H](O)CC[C@]4(C)C3CC[C@]12C.C[C@H](CCC(=O)N[C@@H](CC(=O)O)C(=O)O)C1CC[C@H]2C3CC[C@@H]4C[C@H](O)CC[C@]4(C)C3CC[C@]12C.C[C@H](CCC(=O)O)C1CC[C@H]2C3CC[C@@H]4C[C@H](O)CC[C@]4(C)C3CC[C@]12C. The van der Waals surface area contributed by atoms with Crippen LogP contribution in [0.1, 0.15) is 288 Å². The maximum Gasteiger partial charge on any atom is 0.326 e. The molecule has 12 saturated carbocycles. The summed E-state index contributed by atoms with van der Waals surface area (Å²) in [5.41, 5.74) is 2.55. The highest BCUT2D eigenvalue weighted by molar-refractivity contribution is 5.86. The van der Waals surface area contributed by atoms with Crippen molar-refractivity contribution >= 4 is 29.6 Å². The number of ketones is 1. The highest BCUT2D eigenvalue weighted by Gasteiger charge is 2.64. The van der Waals surface area contributed by atoms with Crippen LogP contribution < -0.4 is 5.32 Å². The van der Waals surface area contributed by atoms with Crippen LogP contribution in [-0.4, -0.2) is 84.6 Å². The molecule has 12 heteroatoms. The van der Waals surface area contributed by atoms with Gasteiger partial charge in [0.15, 0.2) is 0 Å². The van der Waals surface area contributed by atoms with Crippen molar-refractivity contribution in [2.24, 2.45) is 139 Å². The topological polar surface area (TPSA) is 219 Å². The average molecular weight is 1240 g/mol. The van der Waals surface area contributed by atoms with E-state index in [2.05, 4.69) is 67.6 Å². The minimum Gasteiger partial charge on any atom is -0.481 e. The van der Waals surface area contributed by atoms with Crippen molar-refractivity contribution < 1.29 is 54.6 Å². The molecule has 0 saturated heterocycles. The predicted octanol–water partition coefficient (Wildman–Crippen LogP) is 16.0. The van der Waals surface area contributed by atoms with Crippen molar-refractivity contribution in [1.82, 2.24) is 5.32 Å². The third-order valence-electron chi connectivity index (χ3n) is 31.8. The highest BCUT2D eigenvalue weighted by Crippen LogP contribution is 2.72. The molecule has 28 atom stereocenters. The molecule has 0 aromatic carbocycles. The van der Waals surface area contributed by atoms with Crippen molar-refractivity contribution in [3.63, 3.8) is 0 Å². The maximum atomic E-state index is 12.4. The number of fused-ring (bicyclic) bond motifs is 15. The summed E-state index contributed by atoms with van der Waals surface area (Å²) in [7, 11) is 0. The third kappa shape index (κ3) is 13.4.